The molecule has 0 fully saturated rings. The van der Waals surface area contributed by atoms with Gasteiger partial charge in [0.15, 0.2) is 0 Å². The summed E-state index contributed by atoms with van der Waals surface area (Å²) in [6.45, 7) is 1.65. The molecule has 0 aromatic heterocycles. The van der Waals surface area contributed by atoms with Gasteiger partial charge in [0, 0.05) is 0 Å². The van der Waals surface area contributed by atoms with Crippen LogP contribution in [0.5, 0.6) is 0 Å². The molecule has 0 spiro atoms. The molecule has 0 aliphatic carbocycles. The summed E-state index contributed by atoms with van der Waals surface area (Å²) in [7, 11) is 0. The first-order chi connectivity index (χ1) is 8.04. The highest BCUT2D eigenvalue weighted by Crippen LogP contribution is 2.07. The number of rotatable bonds is 5. The van der Waals surface area contributed by atoms with Crippen molar-refractivity contribution in [3.05, 3.63) is 35.6 Å². The predicted octanol–water partition coefficient (Wildman–Crippen LogP) is 1.35. The lowest BCUT2D eigenvalue weighted by Crippen LogP contribution is -2.41. The van der Waals surface area contributed by atoms with E-state index >= 15 is 0 Å². The molecule has 4 nitrogen and oxygen atoms in total. The number of carbonyl (C=O) groups is 2. The first-order valence-electron chi connectivity index (χ1n) is 5.30. The molecule has 17 heavy (non-hydrogen) atoms. The Morgan fingerprint density at radius 3 is 2.59 bits per heavy atom. The fourth-order valence-corrected chi connectivity index (χ4v) is 1.40. The minimum Gasteiger partial charge on any atom is -0.480 e. The van der Waals surface area contributed by atoms with E-state index in [0.717, 1.165) is 0 Å². The van der Waals surface area contributed by atoms with Crippen LogP contribution in [-0.4, -0.2) is 23.0 Å². The predicted molar refractivity (Wildman–Crippen MR) is 60.0 cm³/mol. The summed E-state index contributed by atoms with van der Waals surface area (Å²) in [6.07, 6.45) is 0.134. The Bertz CT molecular complexity index is 420. The Kier molecular flexibility index (Phi) is 4.63. The van der Waals surface area contributed by atoms with Gasteiger partial charge in [-0.05, 0) is 18.1 Å². The Morgan fingerprint density at radius 2 is 2.06 bits per heavy atom. The molecule has 0 saturated carbocycles. The summed E-state index contributed by atoms with van der Waals surface area (Å²) in [5.41, 5.74) is 0.255. The molecule has 1 rings (SSSR count). The molecule has 0 radical (unpaired) electrons. The fourth-order valence-electron chi connectivity index (χ4n) is 1.40. The second kappa shape index (κ2) is 5.98. The van der Waals surface area contributed by atoms with Crippen LogP contribution in [0.25, 0.3) is 0 Å². The van der Waals surface area contributed by atoms with Gasteiger partial charge >= 0.3 is 5.97 Å². The highest BCUT2D eigenvalue weighted by molar-refractivity contribution is 5.84. The van der Waals surface area contributed by atoms with Crippen molar-refractivity contribution in [3.8, 4) is 0 Å². The maximum atomic E-state index is 13.2. The molecule has 2 N–H and O–H groups in total. The fraction of sp³-hybridized carbons (Fsp3) is 0.333. The van der Waals surface area contributed by atoms with Gasteiger partial charge in [0.2, 0.25) is 5.91 Å². The Morgan fingerprint density at radius 1 is 1.41 bits per heavy atom. The Balaban J connectivity index is 2.61. The molecule has 0 saturated heterocycles. The highest BCUT2D eigenvalue weighted by Gasteiger charge is 2.18. The average molecular weight is 239 g/mol. The Labute approximate surface area is 98.5 Å². The molecule has 1 atom stereocenters. The maximum absolute atomic E-state index is 13.2. The summed E-state index contributed by atoms with van der Waals surface area (Å²) < 4.78 is 13.2. The quantitative estimate of drug-likeness (QED) is 0.815. The maximum Gasteiger partial charge on any atom is 0.326 e. The van der Waals surface area contributed by atoms with Crippen LogP contribution >= 0.6 is 0 Å². The molecule has 1 amide bonds. The standard InChI is InChI=1S/C12H14FNO3/c1-2-10(12(16)17)14-11(15)7-8-5-3-4-6-9(8)13/h3-6,10H,2,7H2,1H3,(H,14,15)(H,16,17)/t10-/m1/s1. The van der Waals surface area contributed by atoms with Crippen LogP contribution < -0.4 is 5.32 Å². The number of nitrogens with one attached hydrogen (secondary N) is 1. The number of amides is 1. The van der Waals surface area contributed by atoms with Crippen molar-refractivity contribution < 1.29 is 19.1 Å². The first kappa shape index (κ1) is 13.2. The Hall–Kier alpha value is -1.91. The topological polar surface area (TPSA) is 66.4 Å². The lowest BCUT2D eigenvalue weighted by atomic mass is 10.1. The van der Waals surface area contributed by atoms with Crippen molar-refractivity contribution in [1.82, 2.24) is 5.32 Å². The zero-order valence-electron chi connectivity index (χ0n) is 9.44. The van der Waals surface area contributed by atoms with Crippen LogP contribution in [0.2, 0.25) is 0 Å². The van der Waals surface area contributed by atoms with Crippen molar-refractivity contribution >= 4 is 11.9 Å². The van der Waals surface area contributed by atoms with Gasteiger partial charge in [0.25, 0.3) is 0 Å². The van der Waals surface area contributed by atoms with Gasteiger partial charge < -0.3 is 10.4 Å². The number of aliphatic carboxylic acids is 1. The molecule has 0 heterocycles. The number of hydrogen-bond donors (Lipinski definition) is 2. The molecule has 1 aromatic rings. The molecular weight excluding hydrogens is 225 g/mol. The van der Waals surface area contributed by atoms with Crippen molar-refractivity contribution in [3.63, 3.8) is 0 Å². The van der Waals surface area contributed by atoms with Crippen molar-refractivity contribution in [1.29, 1.82) is 0 Å². The average Bonchev–Trinajstić information content (AvgIpc) is 2.28. The van der Waals surface area contributed by atoms with Crippen LogP contribution in [0.3, 0.4) is 0 Å². The minimum absolute atomic E-state index is 0.156. The first-order valence-corrected chi connectivity index (χ1v) is 5.30. The zero-order valence-corrected chi connectivity index (χ0v) is 9.44. The van der Waals surface area contributed by atoms with E-state index in [-0.39, 0.29) is 12.0 Å². The minimum atomic E-state index is -1.09. The van der Waals surface area contributed by atoms with Gasteiger partial charge in [0.05, 0.1) is 6.42 Å². The van der Waals surface area contributed by atoms with Gasteiger partial charge in [-0.25, -0.2) is 9.18 Å². The normalized spacial score (nSPS) is 11.9. The van der Waals surface area contributed by atoms with Gasteiger partial charge in [-0.1, -0.05) is 25.1 Å². The van der Waals surface area contributed by atoms with E-state index < -0.39 is 23.7 Å². The van der Waals surface area contributed by atoms with Crippen molar-refractivity contribution in [2.24, 2.45) is 0 Å². The van der Waals surface area contributed by atoms with Gasteiger partial charge in [-0.15, -0.1) is 0 Å². The SMILES string of the molecule is CC[C@@H](NC(=O)Cc1ccccc1F)C(=O)O. The molecule has 5 heteroatoms. The molecular formula is C12H14FNO3. The van der Waals surface area contributed by atoms with Crippen LogP contribution in [0, 0.1) is 5.82 Å². The van der Waals surface area contributed by atoms with E-state index in [1.54, 1.807) is 13.0 Å². The molecule has 0 unspecified atom stereocenters. The summed E-state index contributed by atoms with van der Waals surface area (Å²) >= 11 is 0. The second-order valence-electron chi connectivity index (χ2n) is 3.63. The van der Waals surface area contributed by atoms with E-state index in [1.807, 2.05) is 0 Å². The number of carboxylic acid groups (broad SMARTS) is 1. The number of hydrogen-bond acceptors (Lipinski definition) is 2. The molecule has 0 bridgehead atoms. The number of halogens is 1. The lowest BCUT2D eigenvalue weighted by Gasteiger charge is -2.12. The third kappa shape index (κ3) is 3.86. The van der Waals surface area contributed by atoms with Crippen LogP contribution in [-0.2, 0) is 16.0 Å². The second-order valence-corrected chi connectivity index (χ2v) is 3.63. The largest absolute Gasteiger partial charge is 0.480 e. The summed E-state index contributed by atoms with van der Waals surface area (Å²) in [6, 6.07) is 4.99. The van der Waals surface area contributed by atoms with Crippen LogP contribution in [0.15, 0.2) is 24.3 Å². The smallest absolute Gasteiger partial charge is 0.326 e. The number of carboxylic acids is 1. The van der Waals surface area contributed by atoms with E-state index in [0.29, 0.717) is 6.42 Å². The molecule has 0 aliphatic heterocycles. The summed E-state index contributed by atoms with van der Waals surface area (Å²) in [5.74, 6) is -2.05. The van der Waals surface area contributed by atoms with E-state index in [2.05, 4.69) is 5.32 Å². The van der Waals surface area contributed by atoms with Gasteiger partial charge in [0.1, 0.15) is 11.9 Å². The summed E-state index contributed by atoms with van der Waals surface area (Å²) in [4.78, 5) is 22.2. The molecule has 92 valence electrons. The third-order valence-electron chi connectivity index (χ3n) is 2.35. The monoisotopic (exact) mass is 239 g/mol. The van der Waals surface area contributed by atoms with E-state index in [9.17, 15) is 14.0 Å². The van der Waals surface area contributed by atoms with Crippen LogP contribution in [0.1, 0.15) is 18.9 Å². The van der Waals surface area contributed by atoms with E-state index in [4.69, 9.17) is 5.11 Å². The van der Waals surface area contributed by atoms with E-state index in [1.165, 1.54) is 18.2 Å². The summed E-state index contributed by atoms with van der Waals surface area (Å²) in [5, 5.41) is 11.1. The number of carbonyl (C=O) groups excluding carboxylic acids is 1. The van der Waals surface area contributed by atoms with Gasteiger partial charge in [-0.3, -0.25) is 4.79 Å². The highest BCUT2D eigenvalue weighted by atomic mass is 19.1. The lowest BCUT2D eigenvalue weighted by molar-refractivity contribution is -0.141. The zero-order chi connectivity index (χ0) is 12.8. The van der Waals surface area contributed by atoms with Crippen molar-refractivity contribution in [2.75, 3.05) is 0 Å². The number of benzene rings is 1. The van der Waals surface area contributed by atoms with Crippen LogP contribution in [0.4, 0.5) is 4.39 Å². The van der Waals surface area contributed by atoms with Crippen molar-refractivity contribution in [2.45, 2.75) is 25.8 Å². The molecule has 1 aromatic carbocycles. The third-order valence-corrected chi connectivity index (χ3v) is 2.35. The van der Waals surface area contributed by atoms with Gasteiger partial charge in [-0.2, -0.15) is 0 Å². The molecule has 0 aliphatic rings.